The number of nitro groups is 1. The van der Waals surface area contributed by atoms with Crippen LogP contribution in [0.3, 0.4) is 0 Å². The van der Waals surface area contributed by atoms with E-state index in [1.807, 2.05) is 42.7 Å². The molecule has 0 fully saturated rings. The zero-order valence-electron chi connectivity index (χ0n) is 19.0. The normalized spacial score (nSPS) is 11.9. The second kappa shape index (κ2) is 11.0. The highest BCUT2D eigenvalue weighted by Crippen LogP contribution is 2.41. The number of benzene rings is 3. The van der Waals surface area contributed by atoms with Crippen molar-refractivity contribution < 1.29 is 14.1 Å². The number of nitrogens with zero attached hydrogens (tertiary/aromatic N) is 4. The lowest BCUT2D eigenvalue weighted by molar-refractivity contribution is -0.479. The molecule has 1 aromatic heterocycles. The molecule has 4 rings (SSSR count). The number of aromatic nitrogens is 3. The Kier molecular flexibility index (Phi) is 7.82. The molecule has 0 saturated carbocycles. The zero-order chi connectivity index (χ0) is 24.9. The van der Waals surface area contributed by atoms with E-state index in [1.165, 1.54) is 17.8 Å². The summed E-state index contributed by atoms with van der Waals surface area (Å²) in [7, 11) is 0. The van der Waals surface area contributed by atoms with Crippen molar-refractivity contribution >= 4 is 27.7 Å². The fraction of sp³-hybridized carbons (Fsp3) is 0.200. The maximum atomic E-state index is 14.1. The maximum Gasteiger partial charge on any atom is 0.220 e. The molecular weight excluding hydrogens is 535 g/mol. The second-order valence-corrected chi connectivity index (χ2v) is 9.97. The number of halogens is 2. The van der Waals surface area contributed by atoms with Gasteiger partial charge in [-0.15, -0.1) is 10.2 Å². The molecule has 0 spiro atoms. The molecule has 1 heterocycles. The molecule has 180 valence electrons. The molecule has 0 aliphatic rings. The Morgan fingerprint density at radius 2 is 1.86 bits per heavy atom. The Morgan fingerprint density at radius 1 is 1.11 bits per heavy atom. The summed E-state index contributed by atoms with van der Waals surface area (Å²) in [6.45, 7) is 3.47. The van der Waals surface area contributed by atoms with Crippen LogP contribution < -0.4 is 4.74 Å². The third-order valence-electron chi connectivity index (χ3n) is 5.31. The van der Waals surface area contributed by atoms with Crippen molar-refractivity contribution in [1.29, 1.82) is 0 Å². The minimum atomic E-state index is -0.633. The lowest BCUT2D eigenvalue weighted by Gasteiger charge is -2.18. The molecule has 7 nitrogen and oxygen atoms in total. The van der Waals surface area contributed by atoms with Crippen LogP contribution in [0.1, 0.15) is 27.8 Å². The highest BCUT2D eigenvalue weighted by Gasteiger charge is 2.27. The summed E-state index contributed by atoms with van der Waals surface area (Å²) in [6, 6.07) is 19.5. The van der Waals surface area contributed by atoms with Crippen molar-refractivity contribution in [3.8, 4) is 11.4 Å². The molecule has 0 amide bonds. The van der Waals surface area contributed by atoms with Crippen LogP contribution in [0.2, 0.25) is 0 Å². The Morgan fingerprint density at radius 3 is 2.57 bits per heavy atom. The fourth-order valence-electron chi connectivity index (χ4n) is 3.55. The third kappa shape index (κ3) is 6.07. The standard InChI is InChI=1S/C25H22BrFN4O3S/c1-16-7-10-20(11-8-16)31-17(2)28-29-25(31)35-24(14-30(32)33)21-13-19(26)9-12-23(21)34-15-18-5-3-4-6-22(18)27/h3-13,24H,14-15H2,1-2H3/t24-/m0/s1. The van der Waals surface area contributed by atoms with Crippen LogP contribution in [0.25, 0.3) is 5.69 Å². The van der Waals surface area contributed by atoms with Crippen LogP contribution in [-0.4, -0.2) is 26.2 Å². The van der Waals surface area contributed by atoms with Gasteiger partial charge in [-0.2, -0.15) is 0 Å². The van der Waals surface area contributed by atoms with Gasteiger partial charge in [0.2, 0.25) is 6.54 Å². The van der Waals surface area contributed by atoms with Crippen LogP contribution in [0.15, 0.2) is 76.4 Å². The lowest BCUT2D eigenvalue weighted by atomic mass is 10.1. The molecule has 0 saturated heterocycles. The number of ether oxygens (including phenoxy) is 1. The highest BCUT2D eigenvalue weighted by molar-refractivity contribution is 9.10. The van der Waals surface area contributed by atoms with E-state index in [1.54, 1.807) is 36.4 Å². The van der Waals surface area contributed by atoms with Crippen LogP contribution in [0.5, 0.6) is 5.75 Å². The van der Waals surface area contributed by atoms with Crippen molar-refractivity contribution in [1.82, 2.24) is 14.8 Å². The van der Waals surface area contributed by atoms with E-state index in [2.05, 4.69) is 26.1 Å². The highest BCUT2D eigenvalue weighted by atomic mass is 79.9. The number of hydrogen-bond acceptors (Lipinski definition) is 6. The number of aryl methyl sites for hydroxylation is 2. The van der Waals surface area contributed by atoms with Crippen molar-refractivity contribution in [3.05, 3.63) is 110 Å². The summed E-state index contributed by atoms with van der Waals surface area (Å²) >= 11 is 4.70. The minimum Gasteiger partial charge on any atom is -0.488 e. The quantitative estimate of drug-likeness (QED) is 0.133. The average molecular weight is 557 g/mol. The molecule has 35 heavy (non-hydrogen) atoms. The van der Waals surface area contributed by atoms with Gasteiger partial charge in [-0.05, 0) is 50.2 Å². The molecule has 1 atom stereocenters. The van der Waals surface area contributed by atoms with E-state index in [0.717, 1.165) is 15.7 Å². The van der Waals surface area contributed by atoms with Crippen molar-refractivity contribution in [2.24, 2.45) is 0 Å². The summed E-state index contributed by atoms with van der Waals surface area (Å²) in [5.41, 5.74) is 2.99. The van der Waals surface area contributed by atoms with Crippen LogP contribution >= 0.6 is 27.7 Å². The summed E-state index contributed by atoms with van der Waals surface area (Å²) in [5.74, 6) is 0.736. The Labute approximate surface area is 214 Å². The topological polar surface area (TPSA) is 83.1 Å². The van der Waals surface area contributed by atoms with E-state index < -0.39 is 5.25 Å². The first kappa shape index (κ1) is 24.9. The van der Waals surface area contributed by atoms with E-state index in [4.69, 9.17) is 4.74 Å². The molecule has 0 radical (unpaired) electrons. The summed E-state index contributed by atoms with van der Waals surface area (Å²) in [4.78, 5) is 11.3. The Hall–Kier alpha value is -3.24. The SMILES string of the molecule is Cc1ccc(-n2c(C)nnc2S[C@@H](C[N+](=O)[O-])c2cc(Br)ccc2OCc2ccccc2F)cc1. The van der Waals surface area contributed by atoms with Gasteiger partial charge in [0.1, 0.15) is 29.2 Å². The molecule has 10 heteroatoms. The number of rotatable bonds is 9. The first-order chi connectivity index (χ1) is 16.8. The molecule has 0 unspecified atom stereocenters. The fourth-order valence-corrected chi connectivity index (χ4v) is 5.12. The Bertz CT molecular complexity index is 1350. The van der Waals surface area contributed by atoms with E-state index >= 15 is 0 Å². The first-order valence-corrected chi connectivity index (χ1v) is 12.4. The van der Waals surface area contributed by atoms with Gasteiger partial charge in [0.25, 0.3) is 0 Å². The molecule has 3 aromatic carbocycles. The predicted octanol–water partition coefficient (Wildman–Crippen LogP) is 6.47. The van der Waals surface area contributed by atoms with Crippen LogP contribution in [0, 0.1) is 29.8 Å². The largest absolute Gasteiger partial charge is 0.488 e. The van der Waals surface area contributed by atoms with Gasteiger partial charge < -0.3 is 4.74 Å². The Balaban J connectivity index is 1.68. The second-order valence-electron chi connectivity index (χ2n) is 7.88. The van der Waals surface area contributed by atoms with Crippen molar-refractivity contribution in [3.63, 3.8) is 0 Å². The average Bonchev–Trinajstić information content (AvgIpc) is 3.19. The predicted molar refractivity (Wildman–Crippen MR) is 136 cm³/mol. The van der Waals surface area contributed by atoms with E-state index in [-0.39, 0.29) is 23.9 Å². The smallest absolute Gasteiger partial charge is 0.220 e. The van der Waals surface area contributed by atoms with Crippen LogP contribution in [0.4, 0.5) is 4.39 Å². The van der Waals surface area contributed by atoms with Gasteiger partial charge in [-0.1, -0.05) is 63.6 Å². The van der Waals surface area contributed by atoms with Gasteiger partial charge in [-0.25, -0.2) is 4.39 Å². The molecule has 0 bridgehead atoms. The lowest BCUT2D eigenvalue weighted by Crippen LogP contribution is -2.13. The van der Waals surface area contributed by atoms with Gasteiger partial charge in [0, 0.05) is 26.2 Å². The molecule has 0 aliphatic carbocycles. The van der Waals surface area contributed by atoms with E-state index in [0.29, 0.717) is 27.9 Å². The maximum absolute atomic E-state index is 14.1. The third-order valence-corrected chi connectivity index (χ3v) is 6.97. The van der Waals surface area contributed by atoms with Gasteiger partial charge >= 0.3 is 0 Å². The summed E-state index contributed by atoms with van der Waals surface area (Å²) in [6.07, 6.45) is 0. The van der Waals surface area contributed by atoms with E-state index in [9.17, 15) is 14.5 Å². The monoisotopic (exact) mass is 556 g/mol. The van der Waals surface area contributed by atoms with Crippen molar-refractivity contribution in [2.75, 3.05) is 6.54 Å². The van der Waals surface area contributed by atoms with Crippen LogP contribution in [-0.2, 0) is 6.61 Å². The van der Waals surface area contributed by atoms with Gasteiger partial charge in [-0.3, -0.25) is 14.7 Å². The zero-order valence-corrected chi connectivity index (χ0v) is 21.4. The number of thioether (sulfide) groups is 1. The van der Waals surface area contributed by atoms with Crippen molar-refractivity contribution in [2.45, 2.75) is 30.9 Å². The van der Waals surface area contributed by atoms with Gasteiger partial charge in [0.15, 0.2) is 5.16 Å². The molecule has 4 aromatic rings. The molecular formula is C25H22BrFN4O3S. The summed E-state index contributed by atoms with van der Waals surface area (Å²) in [5, 5.41) is 20.0. The minimum absolute atomic E-state index is 0.00415. The first-order valence-electron chi connectivity index (χ1n) is 10.7. The summed E-state index contributed by atoms with van der Waals surface area (Å²) < 4.78 is 22.7. The number of hydrogen-bond donors (Lipinski definition) is 0. The molecule has 0 aliphatic heterocycles. The van der Waals surface area contributed by atoms with Gasteiger partial charge in [0.05, 0.1) is 0 Å². The molecule has 0 N–H and O–H groups in total.